The number of fused-ring (bicyclic) bond motifs is 1. The first kappa shape index (κ1) is 24.5. The van der Waals surface area contributed by atoms with Gasteiger partial charge in [0.25, 0.3) is 5.89 Å². The van der Waals surface area contributed by atoms with Gasteiger partial charge in [-0.25, -0.2) is 4.79 Å². The normalized spacial score (nSPS) is 16.3. The number of hydrogen-bond acceptors (Lipinski definition) is 9. The number of benzene rings is 2. The van der Waals surface area contributed by atoms with Crippen LogP contribution in [0.1, 0.15) is 23.6 Å². The van der Waals surface area contributed by atoms with Gasteiger partial charge in [-0.2, -0.15) is 9.41 Å². The number of nitrogens with zero attached hydrogens (tertiary/aromatic N) is 8. The van der Waals surface area contributed by atoms with Gasteiger partial charge in [-0.3, -0.25) is 4.90 Å². The van der Waals surface area contributed by atoms with Crippen LogP contribution >= 0.6 is 11.6 Å². The highest BCUT2D eigenvalue weighted by molar-refractivity contribution is 6.31. The minimum absolute atomic E-state index is 0.103. The summed E-state index contributed by atoms with van der Waals surface area (Å²) in [5.74, 6) is 0.00736. The Kier molecular flexibility index (Phi) is 5.74. The second-order valence-corrected chi connectivity index (χ2v) is 9.44. The summed E-state index contributed by atoms with van der Waals surface area (Å²) in [5.41, 5.74) is 1.74. The molecule has 1 amide bonds. The fourth-order valence-electron chi connectivity index (χ4n) is 4.71. The zero-order valence-corrected chi connectivity index (χ0v) is 21.0. The van der Waals surface area contributed by atoms with Gasteiger partial charge in [-0.15, -0.1) is 15.3 Å². The molecule has 0 radical (unpaired) electrons. The second-order valence-electron chi connectivity index (χ2n) is 9.01. The van der Waals surface area contributed by atoms with E-state index in [0.717, 1.165) is 4.90 Å². The highest BCUT2D eigenvalue weighted by atomic mass is 35.5. The lowest BCUT2D eigenvalue weighted by Crippen LogP contribution is -2.41. The standard InChI is InChI=1S/C25H19ClN8O5/c1-32(24(35)36)18-5-2-14(3-6-18)22-28-29-23(39-22)25(37)9-8-15-10-16(12-34(38)21(15)25)19-11-17(26)4-7-20(19)33-13-27-30-31-33/h2-7,10-13,37H,8-9H2,1H3,(H,35,36). The van der Waals surface area contributed by atoms with E-state index >= 15 is 0 Å². The Bertz CT molecular complexity index is 1710. The first-order chi connectivity index (χ1) is 18.7. The number of aromatic nitrogens is 7. The van der Waals surface area contributed by atoms with Gasteiger partial charge < -0.3 is 19.8 Å². The zero-order valence-electron chi connectivity index (χ0n) is 20.3. The predicted molar refractivity (Wildman–Crippen MR) is 136 cm³/mol. The van der Waals surface area contributed by atoms with Gasteiger partial charge in [0, 0.05) is 40.0 Å². The number of anilines is 1. The van der Waals surface area contributed by atoms with E-state index < -0.39 is 11.7 Å². The molecule has 1 aliphatic carbocycles. The van der Waals surface area contributed by atoms with Crippen molar-refractivity contribution in [3.05, 3.63) is 88.4 Å². The summed E-state index contributed by atoms with van der Waals surface area (Å²) in [6, 6.07) is 13.4. The highest BCUT2D eigenvalue weighted by Crippen LogP contribution is 2.42. The minimum atomic E-state index is -1.79. The molecule has 0 spiro atoms. The Morgan fingerprint density at radius 2 is 1.97 bits per heavy atom. The van der Waals surface area contributed by atoms with Crippen molar-refractivity contribution >= 4 is 23.4 Å². The Labute approximate surface area is 225 Å². The molecule has 1 unspecified atom stereocenters. The molecule has 14 heteroatoms. The Balaban J connectivity index is 1.35. The third kappa shape index (κ3) is 4.13. The molecule has 0 bridgehead atoms. The zero-order chi connectivity index (χ0) is 27.3. The van der Waals surface area contributed by atoms with Crippen molar-refractivity contribution < 1.29 is 24.2 Å². The summed E-state index contributed by atoms with van der Waals surface area (Å²) in [5, 5.41) is 53.9. The van der Waals surface area contributed by atoms with Crippen molar-refractivity contribution in [1.82, 2.24) is 30.4 Å². The smallest absolute Gasteiger partial charge is 0.411 e. The molecule has 0 saturated carbocycles. The number of tetrazole rings is 1. The van der Waals surface area contributed by atoms with Crippen LogP contribution in [0.4, 0.5) is 10.5 Å². The summed E-state index contributed by atoms with van der Waals surface area (Å²) >= 11 is 6.26. The molecule has 5 aromatic rings. The van der Waals surface area contributed by atoms with Crippen LogP contribution in [0.25, 0.3) is 28.3 Å². The predicted octanol–water partition coefficient (Wildman–Crippen LogP) is 2.96. The Morgan fingerprint density at radius 1 is 1.18 bits per heavy atom. The van der Waals surface area contributed by atoms with E-state index in [9.17, 15) is 15.1 Å². The molecule has 39 heavy (non-hydrogen) atoms. The number of carbonyl (C=O) groups is 1. The van der Waals surface area contributed by atoms with Crippen molar-refractivity contribution in [2.75, 3.05) is 11.9 Å². The van der Waals surface area contributed by atoms with Crippen molar-refractivity contribution in [2.24, 2.45) is 0 Å². The SMILES string of the molecule is CN(C(=O)O)c1ccc(-c2nnc(C3(O)CCc4cc(-c5cc(Cl)ccc5-n5cnnn5)c[n+]([O-])c43)o2)cc1. The molecule has 0 fully saturated rings. The van der Waals surface area contributed by atoms with Gasteiger partial charge in [0.15, 0.2) is 6.20 Å². The summed E-state index contributed by atoms with van der Waals surface area (Å²) in [6.45, 7) is 0. The number of aryl methyl sites for hydroxylation is 1. The lowest BCUT2D eigenvalue weighted by Gasteiger charge is -2.18. The summed E-state index contributed by atoms with van der Waals surface area (Å²) in [6.07, 6.45) is 2.24. The Hall–Kier alpha value is -4.88. The van der Waals surface area contributed by atoms with E-state index in [1.807, 2.05) is 6.07 Å². The van der Waals surface area contributed by atoms with E-state index in [0.29, 0.717) is 49.8 Å². The maximum absolute atomic E-state index is 13.3. The third-order valence-electron chi connectivity index (χ3n) is 6.69. The van der Waals surface area contributed by atoms with Crippen molar-refractivity contribution in [2.45, 2.75) is 18.4 Å². The maximum atomic E-state index is 13.3. The fraction of sp³-hybridized carbons (Fsp3) is 0.160. The molecular weight excluding hydrogens is 528 g/mol. The van der Waals surface area contributed by atoms with Crippen LogP contribution in [0, 0.1) is 5.21 Å². The number of hydrogen-bond donors (Lipinski definition) is 2. The van der Waals surface area contributed by atoms with Crippen molar-refractivity contribution in [1.29, 1.82) is 0 Å². The fourth-order valence-corrected chi connectivity index (χ4v) is 4.88. The summed E-state index contributed by atoms with van der Waals surface area (Å²) in [7, 11) is 1.43. The van der Waals surface area contributed by atoms with Crippen LogP contribution in [0.15, 0.2) is 65.5 Å². The molecule has 2 N–H and O–H groups in total. The summed E-state index contributed by atoms with van der Waals surface area (Å²) in [4.78, 5) is 12.2. The van der Waals surface area contributed by atoms with Crippen molar-refractivity contribution in [3.8, 4) is 28.3 Å². The lowest BCUT2D eigenvalue weighted by molar-refractivity contribution is -0.620. The average Bonchev–Trinajstić information content (AvgIpc) is 3.70. The molecule has 3 aromatic heterocycles. The topological polar surface area (TPSA) is 170 Å². The van der Waals surface area contributed by atoms with Gasteiger partial charge in [0.1, 0.15) is 6.33 Å². The van der Waals surface area contributed by atoms with Gasteiger partial charge >= 0.3 is 6.09 Å². The van der Waals surface area contributed by atoms with Crippen LogP contribution in [-0.4, -0.2) is 53.8 Å². The largest absolute Gasteiger partial charge is 0.618 e. The molecule has 6 rings (SSSR count). The van der Waals surface area contributed by atoms with Crippen LogP contribution < -0.4 is 9.63 Å². The molecule has 196 valence electrons. The molecule has 1 atom stereocenters. The molecule has 0 saturated heterocycles. The minimum Gasteiger partial charge on any atom is -0.618 e. The number of amides is 1. The van der Waals surface area contributed by atoms with Crippen LogP contribution in [0.3, 0.4) is 0 Å². The molecule has 1 aliphatic rings. The molecule has 2 aromatic carbocycles. The van der Waals surface area contributed by atoms with Gasteiger partial charge in [-0.05, 0) is 71.8 Å². The number of carboxylic acid groups (broad SMARTS) is 1. The van der Waals surface area contributed by atoms with Crippen LogP contribution in [-0.2, 0) is 12.0 Å². The third-order valence-corrected chi connectivity index (χ3v) is 6.93. The van der Waals surface area contributed by atoms with E-state index in [1.54, 1.807) is 42.5 Å². The van der Waals surface area contributed by atoms with E-state index in [1.165, 1.54) is 24.3 Å². The van der Waals surface area contributed by atoms with E-state index in [2.05, 4.69) is 25.7 Å². The van der Waals surface area contributed by atoms with Gasteiger partial charge in [0.2, 0.25) is 17.2 Å². The monoisotopic (exact) mass is 546 g/mol. The van der Waals surface area contributed by atoms with E-state index in [-0.39, 0.29) is 23.9 Å². The first-order valence-electron chi connectivity index (χ1n) is 11.7. The molecule has 13 nitrogen and oxygen atoms in total. The molecule has 3 heterocycles. The average molecular weight is 547 g/mol. The highest BCUT2D eigenvalue weighted by Gasteiger charge is 2.50. The molecular formula is C25H19ClN8O5. The van der Waals surface area contributed by atoms with Crippen LogP contribution in [0.5, 0.6) is 0 Å². The number of aliphatic hydroxyl groups is 1. The Morgan fingerprint density at radius 3 is 2.69 bits per heavy atom. The van der Waals surface area contributed by atoms with Gasteiger partial charge in [-0.1, -0.05) is 11.6 Å². The number of halogens is 1. The van der Waals surface area contributed by atoms with Gasteiger partial charge in [0.05, 0.1) is 5.69 Å². The second kappa shape index (κ2) is 9.15. The number of pyridine rings is 1. The van der Waals surface area contributed by atoms with Crippen LogP contribution in [0.2, 0.25) is 5.02 Å². The number of rotatable bonds is 5. The lowest BCUT2D eigenvalue weighted by atomic mass is 9.99. The van der Waals surface area contributed by atoms with Crippen molar-refractivity contribution in [3.63, 3.8) is 0 Å². The maximum Gasteiger partial charge on any atom is 0.411 e. The first-order valence-corrected chi connectivity index (χ1v) is 12.1. The summed E-state index contributed by atoms with van der Waals surface area (Å²) < 4.78 is 7.90. The van der Waals surface area contributed by atoms with E-state index in [4.69, 9.17) is 21.1 Å². The molecule has 0 aliphatic heterocycles. The quantitative estimate of drug-likeness (QED) is 0.247.